The molecule has 172 valence electrons. The van der Waals surface area contributed by atoms with Gasteiger partial charge in [-0.15, -0.1) is 0 Å². The Kier molecular flexibility index (Phi) is 5.69. The Hall–Kier alpha value is -3.15. The van der Waals surface area contributed by atoms with E-state index in [-0.39, 0.29) is 10.7 Å². The quantitative estimate of drug-likeness (QED) is 0.535. The predicted octanol–water partition coefficient (Wildman–Crippen LogP) is 2.38. The molecule has 0 atom stereocenters. The molecule has 0 amide bonds. The minimum atomic E-state index is -3.43. The first-order valence-corrected chi connectivity index (χ1v) is 12.5. The molecule has 0 aromatic carbocycles. The van der Waals surface area contributed by atoms with Crippen LogP contribution in [0.1, 0.15) is 12.0 Å². The molecular weight excluding hydrogens is 442 g/mol. The van der Waals surface area contributed by atoms with E-state index < -0.39 is 9.84 Å². The van der Waals surface area contributed by atoms with Gasteiger partial charge >= 0.3 is 0 Å². The van der Waals surface area contributed by atoms with Crippen LogP contribution >= 0.6 is 0 Å². The van der Waals surface area contributed by atoms with Crippen molar-refractivity contribution < 1.29 is 13.2 Å². The number of aromatic nitrogens is 4. The average Bonchev–Trinajstić information content (AvgIpc) is 3.25. The summed E-state index contributed by atoms with van der Waals surface area (Å²) in [4.78, 5) is 19.5. The van der Waals surface area contributed by atoms with Crippen molar-refractivity contribution in [1.29, 1.82) is 0 Å². The maximum Gasteiger partial charge on any atom is 0.179 e. The van der Waals surface area contributed by atoms with E-state index in [0.29, 0.717) is 22.9 Å². The summed E-state index contributed by atoms with van der Waals surface area (Å²) >= 11 is 0. The number of pyridine rings is 2. The number of rotatable bonds is 7. The molecule has 33 heavy (non-hydrogen) atoms. The van der Waals surface area contributed by atoms with Gasteiger partial charge in [0, 0.05) is 56.4 Å². The Morgan fingerprint density at radius 2 is 1.88 bits per heavy atom. The standard InChI is InChI=1S/C22H25N7O3S/c1-33(30,31)17-3-2-7-23-21(17)28-20-9-19(25-15-26-20)27-18-5-4-16(10-24-18)11-29-12-22(13-29)6-8-32-14-22/h2-5,7,9-10,15H,6,8,11-14H2,1H3,(H2,23,24,25,26,27,28). The van der Waals surface area contributed by atoms with Crippen LogP contribution in [0.5, 0.6) is 0 Å². The lowest BCUT2D eigenvalue weighted by molar-refractivity contribution is -0.0124. The summed E-state index contributed by atoms with van der Waals surface area (Å²) in [7, 11) is -3.43. The minimum absolute atomic E-state index is 0.101. The van der Waals surface area contributed by atoms with E-state index in [1.54, 1.807) is 12.1 Å². The van der Waals surface area contributed by atoms with Gasteiger partial charge in [0.2, 0.25) is 0 Å². The first-order chi connectivity index (χ1) is 15.9. The second-order valence-electron chi connectivity index (χ2n) is 8.66. The third-order valence-corrected chi connectivity index (χ3v) is 7.00. The van der Waals surface area contributed by atoms with E-state index in [4.69, 9.17) is 4.74 Å². The number of hydrogen-bond acceptors (Lipinski definition) is 10. The smallest absolute Gasteiger partial charge is 0.179 e. The van der Waals surface area contributed by atoms with Gasteiger partial charge in [-0.2, -0.15) is 0 Å². The lowest BCUT2D eigenvalue weighted by Crippen LogP contribution is -2.56. The van der Waals surface area contributed by atoms with E-state index in [2.05, 4.69) is 41.5 Å². The third kappa shape index (κ3) is 4.95. The van der Waals surface area contributed by atoms with Crippen LogP contribution in [0.2, 0.25) is 0 Å². The Bertz CT molecular complexity index is 1240. The highest BCUT2D eigenvalue weighted by molar-refractivity contribution is 7.90. The highest BCUT2D eigenvalue weighted by Crippen LogP contribution is 2.38. The van der Waals surface area contributed by atoms with E-state index in [0.717, 1.165) is 51.1 Å². The SMILES string of the molecule is CS(=O)(=O)c1cccnc1Nc1cc(Nc2ccc(CN3CC4(CCOC4)C3)cn2)ncn1. The molecule has 2 fully saturated rings. The van der Waals surface area contributed by atoms with Crippen LogP contribution in [0, 0.1) is 5.41 Å². The Balaban J connectivity index is 1.21. The molecular formula is C22H25N7O3S. The van der Waals surface area contributed by atoms with Crippen molar-refractivity contribution in [1.82, 2.24) is 24.8 Å². The summed E-state index contributed by atoms with van der Waals surface area (Å²) < 4.78 is 29.5. The second-order valence-corrected chi connectivity index (χ2v) is 10.6. The number of hydrogen-bond donors (Lipinski definition) is 2. The summed E-state index contributed by atoms with van der Waals surface area (Å²) in [6, 6.07) is 8.71. The van der Waals surface area contributed by atoms with Crippen molar-refractivity contribution in [2.45, 2.75) is 17.9 Å². The lowest BCUT2D eigenvalue weighted by atomic mass is 9.79. The van der Waals surface area contributed by atoms with Crippen molar-refractivity contribution in [3.8, 4) is 0 Å². The normalized spacial score (nSPS) is 17.6. The van der Waals surface area contributed by atoms with Crippen LogP contribution in [-0.2, 0) is 21.1 Å². The van der Waals surface area contributed by atoms with Gasteiger partial charge in [0.25, 0.3) is 0 Å². The topological polar surface area (TPSA) is 122 Å². The Labute approximate surface area is 192 Å². The molecule has 3 aromatic heterocycles. The molecule has 3 aromatic rings. The molecule has 2 aliphatic rings. The number of sulfone groups is 1. The van der Waals surface area contributed by atoms with Crippen LogP contribution in [0.4, 0.5) is 23.3 Å². The molecule has 10 nitrogen and oxygen atoms in total. The molecule has 2 aliphatic heterocycles. The van der Waals surface area contributed by atoms with E-state index in [1.807, 2.05) is 12.3 Å². The zero-order valence-electron chi connectivity index (χ0n) is 18.2. The molecule has 0 aliphatic carbocycles. The van der Waals surface area contributed by atoms with Gasteiger partial charge in [-0.05, 0) is 30.2 Å². The van der Waals surface area contributed by atoms with Crippen LogP contribution < -0.4 is 10.6 Å². The van der Waals surface area contributed by atoms with Crippen LogP contribution in [0.3, 0.4) is 0 Å². The Morgan fingerprint density at radius 3 is 2.58 bits per heavy atom. The summed E-state index contributed by atoms with van der Waals surface area (Å²) in [6.07, 6.45) is 7.07. The molecule has 0 radical (unpaired) electrons. The summed E-state index contributed by atoms with van der Waals surface area (Å²) in [5.41, 5.74) is 1.54. The van der Waals surface area contributed by atoms with Crippen LogP contribution in [-0.4, -0.2) is 65.8 Å². The fourth-order valence-corrected chi connectivity index (χ4v) is 5.07. The van der Waals surface area contributed by atoms with Crippen molar-refractivity contribution in [2.24, 2.45) is 5.41 Å². The van der Waals surface area contributed by atoms with Crippen molar-refractivity contribution in [3.05, 3.63) is 54.6 Å². The first kappa shape index (κ1) is 21.7. The lowest BCUT2D eigenvalue weighted by Gasteiger charge is -2.47. The van der Waals surface area contributed by atoms with Crippen LogP contribution in [0.25, 0.3) is 0 Å². The molecule has 5 rings (SSSR count). The van der Waals surface area contributed by atoms with Gasteiger partial charge in [0.1, 0.15) is 34.5 Å². The van der Waals surface area contributed by atoms with Crippen molar-refractivity contribution in [3.63, 3.8) is 0 Å². The molecule has 5 heterocycles. The molecule has 11 heteroatoms. The van der Waals surface area contributed by atoms with E-state index in [1.165, 1.54) is 18.6 Å². The fraction of sp³-hybridized carbons (Fsp3) is 0.364. The van der Waals surface area contributed by atoms with Gasteiger partial charge in [-0.1, -0.05) is 6.07 Å². The van der Waals surface area contributed by atoms with Crippen molar-refractivity contribution in [2.75, 3.05) is 43.2 Å². The predicted molar refractivity (Wildman–Crippen MR) is 123 cm³/mol. The second kappa shape index (κ2) is 8.65. The van der Waals surface area contributed by atoms with Gasteiger partial charge in [-0.25, -0.2) is 28.4 Å². The number of ether oxygens (including phenoxy) is 1. The maximum absolute atomic E-state index is 12.0. The zero-order valence-corrected chi connectivity index (χ0v) is 19.0. The highest BCUT2D eigenvalue weighted by atomic mass is 32.2. The fourth-order valence-electron chi connectivity index (χ4n) is 4.29. The van der Waals surface area contributed by atoms with E-state index in [9.17, 15) is 8.42 Å². The monoisotopic (exact) mass is 467 g/mol. The van der Waals surface area contributed by atoms with Crippen LogP contribution in [0.15, 0.2) is 53.9 Å². The van der Waals surface area contributed by atoms with Gasteiger partial charge in [-0.3, -0.25) is 4.90 Å². The summed E-state index contributed by atoms with van der Waals surface area (Å²) in [5, 5.41) is 6.11. The van der Waals surface area contributed by atoms with Gasteiger partial charge in [0.15, 0.2) is 9.84 Å². The molecule has 0 saturated carbocycles. The Morgan fingerprint density at radius 1 is 1.06 bits per heavy atom. The number of nitrogens with zero attached hydrogens (tertiary/aromatic N) is 5. The highest BCUT2D eigenvalue weighted by Gasteiger charge is 2.45. The molecule has 2 N–H and O–H groups in total. The average molecular weight is 468 g/mol. The molecule has 0 unspecified atom stereocenters. The van der Waals surface area contributed by atoms with Gasteiger partial charge < -0.3 is 15.4 Å². The van der Waals surface area contributed by atoms with Gasteiger partial charge in [0.05, 0.1) is 6.61 Å². The largest absolute Gasteiger partial charge is 0.381 e. The first-order valence-electron chi connectivity index (χ1n) is 10.6. The minimum Gasteiger partial charge on any atom is -0.381 e. The number of likely N-dealkylation sites (tertiary alicyclic amines) is 1. The van der Waals surface area contributed by atoms with Crippen molar-refractivity contribution >= 4 is 33.1 Å². The molecule has 0 bridgehead atoms. The maximum atomic E-state index is 12.0. The van der Waals surface area contributed by atoms with E-state index >= 15 is 0 Å². The zero-order chi connectivity index (χ0) is 22.9. The third-order valence-electron chi connectivity index (χ3n) is 5.87. The number of nitrogens with one attached hydrogen (secondary N) is 2. The number of anilines is 4. The summed E-state index contributed by atoms with van der Waals surface area (Å²) in [5.74, 6) is 1.80. The molecule has 2 saturated heterocycles. The summed E-state index contributed by atoms with van der Waals surface area (Å²) in [6.45, 7) is 4.82. The molecule has 1 spiro atoms.